The van der Waals surface area contributed by atoms with Crippen molar-refractivity contribution < 1.29 is 4.39 Å². The van der Waals surface area contributed by atoms with Crippen LogP contribution in [0.5, 0.6) is 0 Å². The zero-order valence-corrected chi connectivity index (χ0v) is 18.1. The summed E-state index contributed by atoms with van der Waals surface area (Å²) in [5, 5.41) is 0. The van der Waals surface area contributed by atoms with Crippen LogP contribution in [-0.2, 0) is 0 Å². The third-order valence-electron chi connectivity index (χ3n) is 5.36. The largest absolute Gasteiger partial charge is 0.310 e. The summed E-state index contributed by atoms with van der Waals surface area (Å²) in [5.74, 6) is -0.245. The molecule has 4 rings (SSSR count). The number of hydrogen-bond acceptors (Lipinski definition) is 1. The second-order valence-corrected chi connectivity index (χ2v) is 7.96. The minimum Gasteiger partial charge on any atom is -0.310 e. The molecule has 1 nitrogen and oxygen atoms in total. The lowest BCUT2D eigenvalue weighted by Gasteiger charge is -2.26. The van der Waals surface area contributed by atoms with Crippen LogP contribution in [0.4, 0.5) is 21.5 Å². The van der Waals surface area contributed by atoms with Crippen molar-refractivity contribution in [2.24, 2.45) is 0 Å². The van der Waals surface area contributed by atoms with Crippen molar-refractivity contribution in [3.05, 3.63) is 125 Å². The van der Waals surface area contributed by atoms with Crippen molar-refractivity contribution >= 4 is 29.2 Å². The molecule has 4 aromatic rings. The lowest BCUT2D eigenvalue weighted by atomic mass is 10.1. The minimum atomic E-state index is -0.245. The Hall–Kier alpha value is -3.65. The van der Waals surface area contributed by atoms with Gasteiger partial charge in [-0.3, -0.25) is 0 Å². The average molecular weight is 408 g/mol. The van der Waals surface area contributed by atoms with Crippen LogP contribution in [0.15, 0.2) is 91.0 Å². The molecule has 0 aliphatic heterocycles. The molecule has 0 spiro atoms. The maximum Gasteiger partial charge on any atom is 0.132 e. The van der Waals surface area contributed by atoms with Crippen LogP contribution >= 0.6 is 0 Å². The number of rotatable bonds is 5. The summed E-state index contributed by atoms with van der Waals surface area (Å²) in [6.45, 7) is 6.18. The van der Waals surface area contributed by atoms with Crippen LogP contribution in [0.25, 0.3) is 12.2 Å². The summed E-state index contributed by atoms with van der Waals surface area (Å²) in [7, 11) is 0. The second-order valence-electron chi connectivity index (χ2n) is 7.96. The molecule has 0 saturated carbocycles. The number of nitrogens with zero attached hydrogens (tertiary/aromatic N) is 1. The topological polar surface area (TPSA) is 3.24 Å². The average Bonchev–Trinajstić information content (AvgIpc) is 2.77. The van der Waals surface area contributed by atoms with E-state index < -0.39 is 0 Å². The Morgan fingerprint density at radius 1 is 0.548 bits per heavy atom. The lowest BCUT2D eigenvalue weighted by molar-refractivity contribution is 0.625. The van der Waals surface area contributed by atoms with Gasteiger partial charge in [-0.25, -0.2) is 4.39 Å². The number of aryl methyl sites for hydroxylation is 3. The molecule has 0 aromatic heterocycles. The van der Waals surface area contributed by atoms with Crippen LogP contribution < -0.4 is 4.90 Å². The fraction of sp³-hybridized carbons (Fsp3) is 0.103. The molecule has 0 atom stereocenters. The van der Waals surface area contributed by atoms with Gasteiger partial charge in [-0.15, -0.1) is 0 Å². The van der Waals surface area contributed by atoms with E-state index in [0.717, 1.165) is 22.6 Å². The molecule has 0 N–H and O–H groups in total. The summed E-state index contributed by atoms with van der Waals surface area (Å²) in [6, 6.07) is 30.2. The summed E-state index contributed by atoms with van der Waals surface area (Å²) in [6.07, 6.45) is 3.76. The van der Waals surface area contributed by atoms with Crippen LogP contribution in [0, 0.1) is 26.6 Å². The van der Waals surface area contributed by atoms with E-state index in [4.69, 9.17) is 0 Å². The maximum atomic E-state index is 15.1. The predicted octanol–water partition coefficient (Wildman–Crippen LogP) is 8.39. The molecule has 31 heavy (non-hydrogen) atoms. The van der Waals surface area contributed by atoms with Gasteiger partial charge in [-0.1, -0.05) is 77.4 Å². The Kier molecular flexibility index (Phi) is 5.99. The van der Waals surface area contributed by atoms with Crippen LogP contribution in [-0.4, -0.2) is 0 Å². The normalized spacial score (nSPS) is 11.1. The third kappa shape index (κ3) is 4.92. The molecule has 0 aliphatic carbocycles. The number of benzene rings is 4. The van der Waals surface area contributed by atoms with Gasteiger partial charge in [0.2, 0.25) is 0 Å². The summed E-state index contributed by atoms with van der Waals surface area (Å²) in [4.78, 5) is 2.08. The highest BCUT2D eigenvalue weighted by Gasteiger charge is 2.14. The van der Waals surface area contributed by atoms with Crippen molar-refractivity contribution in [1.29, 1.82) is 0 Å². The van der Waals surface area contributed by atoms with Gasteiger partial charge in [-0.2, -0.15) is 0 Å². The third-order valence-corrected chi connectivity index (χ3v) is 5.36. The van der Waals surface area contributed by atoms with E-state index in [-0.39, 0.29) is 5.82 Å². The molecular formula is C29H26FN. The van der Waals surface area contributed by atoms with Gasteiger partial charge < -0.3 is 4.90 Å². The fourth-order valence-electron chi connectivity index (χ4n) is 3.49. The smallest absolute Gasteiger partial charge is 0.132 e. The predicted molar refractivity (Wildman–Crippen MR) is 131 cm³/mol. The van der Waals surface area contributed by atoms with Gasteiger partial charge in [0.05, 0.1) is 0 Å². The van der Waals surface area contributed by atoms with E-state index >= 15 is 4.39 Å². The van der Waals surface area contributed by atoms with Crippen molar-refractivity contribution in [3.8, 4) is 0 Å². The molecular weight excluding hydrogens is 381 g/mol. The van der Waals surface area contributed by atoms with E-state index in [2.05, 4.69) is 86.3 Å². The van der Waals surface area contributed by atoms with E-state index in [9.17, 15) is 0 Å². The molecule has 0 bridgehead atoms. The van der Waals surface area contributed by atoms with Crippen LogP contribution in [0.2, 0.25) is 0 Å². The van der Waals surface area contributed by atoms with Gasteiger partial charge in [0.1, 0.15) is 5.82 Å². The van der Waals surface area contributed by atoms with Crippen molar-refractivity contribution in [2.45, 2.75) is 20.8 Å². The van der Waals surface area contributed by atoms with E-state index in [0.29, 0.717) is 5.56 Å². The van der Waals surface area contributed by atoms with E-state index in [1.165, 1.54) is 16.7 Å². The Labute approximate surface area is 184 Å². The van der Waals surface area contributed by atoms with E-state index in [1.807, 2.05) is 36.4 Å². The van der Waals surface area contributed by atoms with Gasteiger partial charge in [-0.05, 0) is 68.8 Å². The fourth-order valence-corrected chi connectivity index (χ4v) is 3.49. The molecule has 154 valence electrons. The first-order chi connectivity index (χ1) is 15.0. The monoisotopic (exact) mass is 407 g/mol. The quantitative estimate of drug-likeness (QED) is 0.300. The Morgan fingerprint density at radius 3 is 1.48 bits per heavy atom. The van der Waals surface area contributed by atoms with Crippen LogP contribution in [0.3, 0.4) is 0 Å². The molecule has 0 saturated heterocycles. The molecule has 0 radical (unpaired) electrons. The number of halogens is 1. The van der Waals surface area contributed by atoms with E-state index in [1.54, 1.807) is 6.07 Å². The van der Waals surface area contributed by atoms with Gasteiger partial charge in [0.25, 0.3) is 0 Å². The summed E-state index contributed by atoms with van der Waals surface area (Å²) < 4.78 is 15.1. The summed E-state index contributed by atoms with van der Waals surface area (Å²) >= 11 is 0. The molecule has 0 unspecified atom stereocenters. The van der Waals surface area contributed by atoms with Crippen molar-refractivity contribution in [3.63, 3.8) is 0 Å². The highest BCUT2D eigenvalue weighted by atomic mass is 19.1. The molecule has 0 fully saturated rings. The minimum absolute atomic E-state index is 0.245. The maximum absolute atomic E-state index is 15.1. The number of anilines is 3. The molecule has 0 amide bonds. The van der Waals surface area contributed by atoms with Crippen molar-refractivity contribution in [1.82, 2.24) is 0 Å². The first-order valence-electron chi connectivity index (χ1n) is 10.5. The second kappa shape index (κ2) is 9.01. The standard InChI is InChI=1S/C29H26FN/c1-21-4-10-24(11-5-21)12-13-25-14-19-28(20-29(25)30)31(26-15-6-22(2)7-16-26)27-17-8-23(3)9-18-27/h4-20H,1-3H3. The first-order valence-corrected chi connectivity index (χ1v) is 10.5. The van der Waals surface area contributed by atoms with Gasteiger partial charge in [0, 0.05) is 22.6 Å². The summed E-state index contributed by atoms with van der Waals surface area (Å²) in [5.41, 5.74) is 7.99. The lowest BCUT2D eigenvalue weighted by Crippen LogP contribution is -2.10. The van der Waals surface area contributed by atoms with Crippen molar-refractivity contribution in [2.75, 3.05) is 4.90 Å². The highest BCUT2D eigenvalue weighted by Crippen LogP contribution is 2.35. The Balaban J connectivity index is 1.70. The Bertz CT molecular complexity index is 1140. The first kappa shape index (κ1) is 20.6. The molecule has 4 aromatic carbocycles. The molecule has 0 aliphatic rings. The number of hydrogen-bond donors (Lipinski definition) is 0. The van der Waals surface area contributed by atoms with Crippen LogP contribution in [0.1, 0.15) is 27.8 Å². The zero-order chi connectivity index (χ0) is 21.8. The highest BCUT2D eigenvalue weighted by molar-refractivity contribution is 5.78. The Morgan fingerprint density at radius 2 is 1.00 bits per heavy atom. The van der Waals surface area contributed by atoms with Gasteiger partial charge in [0.15, 0.2) is 0 Å². The molecule has 2 heteroatoms. The molecule has 0 heterocycles. The zero-order valence-electron chi connectivity index (χ0n) is 18.1. The van der Waals surface area contributed by atoms with Gasteiger partial charge >= 0.3 is 0 Å². The SMILES string of the molecule is Cc1ccc(C=Cc2ccc(N(c3ccc(C)cc3)c3ccc(C)cc3)cc2F)cc1.